The number of aromatic nitrogens is 2. The van der Waals surface area contributed by atoms with Crippen LogP contribution in [-0.2, 0) is 4.79 Å². The SMILES string of the molecule is O=C(NC1CC1)[C@H]1CCCN(C2CCN(C(=O)c3n[nH]c4ccccc34)CC2)C1. The number of likely N-dealkylation sites (tertiary alicyclic amines) is 2. The molecule has 1 aromatic carbocycles. The van der Waals surface area contributed by atoms with E-state index < -0.39 is 0 Å². The summed E-state index contributed by atoms with van der Waals surface area (Å²) < 4.78 is 0. The molecule has 2 N–H and O–H groups in total. The van der Waals surface area contributed by atoms with Crippen molar-refractivity contribution in [2.24, 2.45) is 5.92 Å². The van der Waals surface area contributed by atoms with Crippen LogP contribution in [-0.4, -0.2) is 70.1 Å². The van der Waals surface area contributed by atoms with Gasteiger partial charge in [0.1, 0.15) is 0 Å². The maximum Gasteiger partial charge on any atom is 0.274 e. The number of hydrogen-bond acceptors (Lipinski definition) is 4. The highest BCUT2D eigenvalue weighted by molar-refractivity contribution is 6.04. The predicted molar refractivity (Wildman–Crippen MR) is 110 cm³/mol. The van der Waals surface area contributed by atoms with E-state index in [2.05, 4.69) is 20.4 Å². The van der Waals surface area contributed by atoms with Crippen LogP contribution in [0, 0.1) is 5.92 Å². The average Bonchev–Trinajstić information content (AvgIpc) is 3.48. The molecule has 0 radical (unpaired) electrons. The molecule has 2 saturated heterocycles. The monoisotopic (exact) mass is 395 g/mol. The van der Waals surface area contributed by atoms with E-state index in [1.807, 2.05) is 29.2 Å². The lowest BCUT2D eigenvalue weighted by Gasteiger charge is -2.42. The molecule has 3 aliphatic rings. The zero-order valence-corrected chi connectivity index (χ0v) is 16.8. The highest BCUT2D eigenvalue weighted by Gasteiger charge is 2.34. The highest BCUT2D eigenvalue weighted by atomic mass is 16.2. The first kappa shape index (κ1) is 18.6. The van der Waals surface area contributed by atoms with Crippen molar-refractivity contribution in [3.63, 3.8) is 0 Å². The number of amides is 2. The minimum Gasteiger partial charge on any atom is -0.353 e. The van der Waals surface area contributed by atoms with Gasteiger partial charge < -0.3 is 10.2 Å². The molecule has 1 aliphatic carbocycles. The fourth-order valence-electron chi connectivity index (χ4n) is 4.81. The van der Waals surface area contributed by atoms with E-state index in [9.17, 15) is 9.59 Å². The van der Waals surface area contributed by atoms with Crippen molar-refractivity contribution in [3.8, 4) is 0 Å². The molecule has 2 aromatic rings. The summed E-state index contributed by atoms with van der Waals surface area (Å²) in [5.74, 6) is 0.385. The molecule has 154 valence electrons. The first-order valence-corrected chi connectivity index (χ1v) is 11.0. The second-order valence-electron chi connectivity index (χ2n) is 8.76. The van der Waals surface area contributed by atoms with Crippen molar-refractivity contribution in [1.29, 1.82) is 0 Å². The number of H-pyrrole nitrogens is 1. The average molecular weight is 396 g/mol. The molecule has 0 bridgehead atoms. The maximum atomic E-state index is 13.0. The van der Waals surface area contributed by atoms with Gasteiger partial charge in [0.2, 0.25) is 5.91 Å². The lowest BCUT2D eigenvalue weighted by Crippen LogP contribution is -2.51. The normalized spacial score (nSPS) is 24.0. The summed E-state index contributed by atoms with van der Waals surface area (Å²) in [6.45, 7) is 3.43. The topological polar surface area (TPSA) is 81.3 Å². The number of rotatable bonds is 4. The van der Waals surface area contributed by atoms with E-state index in [-0.39, 0.29) is 17.7 Å². The fraction of sp³-hybridized carbons (Fsp3) is 0.591. The van der Waals surface area contributed by atoms with Gasteiger partial charge in [-0.3, -0.25) is 19.6 Å². The summed E-state index contributed by atoms with van der Waals surface area (Å²) in [7, 11) is 0. The molecule has 2 aliphatic heterocycles. The molecule has 1 saturated carbocycles. The molecule has 0 spiro atoms. The van der Waals surface area contributed by atoms with Crippen molar-refractivity contribution < 1.29 is 9.59 Å². The number of piperidine rings is 2. The Morgan fingerprint density at radius 3 is 2.62 bits per heavy atom. The number of carbonyl (C=O) groups is 2. The number of aromatic amines is 1. The van der Waals surface area contributed by atoms with E-state index in [1.165, 1.54) is 0 Å². The van der Waals surface area contributed by atoms with Crippen LogP contribution < -0.4 is 5.32 Å². The van der Waals surface area contributed by atoms with Gasteiger partial charge in [-0.15, -0.1) is 0 Å². The molecule has 5 rings (SSSR count). The zero-order chi connectivity index (χ0) is 19.8. The minimum atomic E-state index is 0.0150. The number of benzene rings is 1. The zero-order valence-electron chi connectivity index (χ0n) is 16.8. The third-order valence-corrected chi connectivity index (χ3v) is 6.69. The Balaban J connectivity index is 1.18. The molecule has 3 fully saturated rings. The van der Waals surface area contributed by atoms with Crippen molar-refractivity contribution >= 4 is 22.7 Å². The van der Waals surface area contributed by atoms with Crippen LogP contribution in [0.1, 0.15) is 49.0 Å². The Kier molecular flexibility index (Phi) is 4.99. The van der Waals surface area contributed by atoms with Gasteiger partial charge >= 0.3 is 0 Å². The fourth-order valence-corrected chi connectivity index (χ4v) is 4.81. The molecule has 29 heavy (non-hydrogen) atoms. The Morgan fingerprint density at radius 2 is 1.83 bits per heavy atom. The first-order valence-electron chi connectivity index (χ1n) is 11.0. The van der Waals surface area contributed by atoms with Gasteiger partial charge in [-0.1, -0.05) is 18.2 Å². The molecule has 0 unspecified atom stereocenters. The number of hydrogen-bond donors (Lipinski definition) is 2. The summed E-state index contributed by atoms with van der Waals surface area (Å²) >= 11 is 0. The van der Waals surface area contributed by atoms with Crippen molar-refractivity contribution in [1.82, 2.24) is 25.3 Å². The van der Waals surface area contributed by atoms with Gasteiger partial charge in [-0.25, -0.2) is 0 Å². The summed E-state index contributed by atoms with van der Waals surface area (Å²) in [6.07, 6.45) is 6.29. The van der Waals surface area contributed by atoms with Crippen LogP contribution in [0.3, 0.4) is 0 Å². The van der Waals surface area contributed by atoms with Crippen LogP contribution in [0.15, 0.2) is 24.3 Å². The third kappa shape index (κ3) is 3.88. The predicted octanol–water partition coefficient (Wildman–Crippen LogP) is 2.16. The van der Waals surface area contributed by atoms with Gasteiger partial charge in [-0.05, 0) is 51.1 Å². The first-order chi connectivity index (χ1) is 14.2. The van der Waals surface area contributed by atoms with Crippen LogP contribution in [0.4, 0.5) is 0 Å². The minimum absolute atomic E-state index is 0.0150. The van der Waals surface area contributed by atoms with Crippen molar-refractivity contribution in [2.45, 2.75) is 50.6 Å². The van der Waals surface area contributed by atoms with Gasteiger partial charge in [-0.2, -0.15) is 5.10 Å². The van der Waals surface area contributed by atoms with Crippen LogP contribution in [0.2, 0.25) is 0 Å². The quantitative estimate of drug-likeness (QED) is 0.831. The second-order valence-corrected chi connectivity index (χ2v) is 8.76. The summed E-state index contributed by atoms with van der Waals surface area (Å²) in [6, 6.07) is 8.66. The number of carbonyl (C=O) groups excluding carboxylic acids is 2. The molecular weight excluding hydrogens is 366 g/mol. The number of fused-ring (bicyclic) bond motifs is 1. The Hall–Kier alpha value is -2.41. The smallest absolute Gasteiger partial charge is 0.274 e. The van der Waals surface area contributed by atoms with Gasteiger partial charge in [0.05, 0.1) is 11.4 Å². The lowest BCUT2D eigenvalue weighted by molar-refractivity contribution is -0.127. The molecule has 2 amide bonds. The summed E-state index contributed by atoms with van der Waals surface area (Å²) in [5, 5.41) is 11.3. The second kappa shape index (κ2) is 7.78. The van der Waals surface area contributed by atoms with Crippen LogP contribution in [0.5, 0.6) is 0 Å². The van der Waals surface area contributed by atoms with Crippen LogP contribution in [0.25, 0.3) is 10.9 Å². The standard InChI is InChI=1S/C22H29N5O2/c28-21(23-16-7-8-16)15-4-3-11-27(14-15)17-9-12-26(13-10-17)22(29)20-18-5-1-2-6-19(18)24-25-20/h1-2,5-6,15-17H,3-4,7-14H2,(H,23,28)(H,24,25)/t15-/m0/s1. The molecular formula is C22H29N5O2. The number of para-hydroxylation sites is 1. The lowest BCUT2D eigenvalue weighted by atomic mass is 9.93. The van der Waals surface area contributed by atoms with Crippen LogP contribution >= 0.6 is 0 Å². The Bertz CT molecular complexity index is 897. The summed E-state index contributed by atoms with van der Waals surface area (Å²) in [5.41, 5.74) is 1.42. The maximum absolute atomic E-state index is 13.0. The van der Waals surface area contributed by atoms with E-state index >= 15 is 0 Å². The van der Waals surface area contributed by atoms with Crippen molar-refractivity contribution in [3.05, 3.63) is 30.0 Å². The molecule has 3 heterocycles. The Morgan fingerprint density at radius 1 is 1.03 bits per heavy atom. The number of nitrogens with one attached hydrogen (secondary N) is 2. The summed E-state index contributed by atoms with van der Waals surface area (Å²) in [4.78, 5) is 29.9. The van der Waals surface area contributed by atoms with E-state index in [4.69, 9.17) is 0 Å². The molecule has 1 aromatic heterocycles. The van der Waals surface area contributed by atoms with E-state index in [0.717, 1.165) is 75.6 Å². The number of nitrogens with zero attached hydrogens (tertiary/aromatic N) is 3. The van der Waals surface area contributed by atoms with E-state index in [1.54, 1.807) is 0 Å². The largest absolute Gasteiger partial charge is 0.353 e. The van der Waals surface area contributed by atoms with Gasteiger partial charge in [0.25, 0.3) is 5.91 Å². The van der Waals surface area contributed by atoms with Crippen molar-refractivity contribution in [2.75, 3.05) is 26.2 Å². The third-order valence-electron chi connectivity index (χ3n) is 6.69. The van der Waals surface area contributed by atoms with E-state index in [0.29, 0.717) is 17.8 Å². The molecule has 7 heteroatoms. The Labute approximate surface area is 170 Å². The molecule has 7 nitrogen and oxygen atoms in total. The molecule has 1 atom stereocenters. The highest BCUT2D eigenvalue weighted by Crippen LogP contribution is 2.27. The van der Waals surface area contributed by atoms with Gasteiger partial charge in [0.15, 0.2) is 5.69 Å². The van der Waals surface area contributed by atoms with Gasteiger partial charge in [0, 0.05) is 37.1 Å².